The molecule has 0 bridgehead atoms. The van der Waals surface area contributed by atoms with E-state index in [4.69, 9.17) is 0 Å². The second kappa shape index (κ2) is 5.48. The molecule has 1 N–H and O–H groups in total. The number of aromatic nitrogens is 1. The zero-order valence-corrected chi connectivity index (χ0v) is 13.2. The first-order valence-corrected chi connectivity index (χ1v) is 8.15. The van der Waals surface area contributed by atoms with Crippen molar-refractivity contribution in [3.05, 3.63) is 41.0 Å². The Morgan fingerprint density at radius 1 is 1.35 bits per heavy atom. The summed E-state index contributed by atoms with van der Waals surface area (Å²) in [5.74, 6) is 2.41. The zero-order chi connectivity index (χ0) is 16.0. The molecule has 0 aliphatic carbocycles. The van der Waals surface area contributed by atoms with Crippen molar-refractivity contribution in [3.8, 4) is 0 Å². The first kappa shape index (κ1) is 14.4. The minimum atomic E-state index is -0.243. The molecule has 1 aliphatic heterocycles. The number of rotatable bonds is 2. The number of likely N-dealkylation sites (tertiary alicyclic amines) is 1. The number of carbonyl (C=O) groups excluding carboxylic acids is 1. The Morgan fingerprint density at radius 3 is 2.96 bits per heavy atom. The third kappa shape index (κ3) is 2.44. The highest BCUT2D eigenvalue weighted by Gasteiger charge is 2.18. The topological polar surface area (TPSA) is 36.1 Å². The monoisotopic (exact) mass is 310 g/mol. The van der Waals surface area contributed by atoms with E-state index < -0.39 is 0 Å². The lowest BCUT2D eigenvalue weighted by Crippen LogP contribution is -2.33. The summed E-state index contributed by atoms with van der Waals surface area (Å²) in [5, 5.41) is 2.55. The van der Waals surface area contributed by atoms with Crippen molar-refractivity contribution in [1.82, 2.24) is 9.88 Å². The van der Waals surface area contributed by atoms with Crippen LogP contribution >= 0.6 is 0 Å². The first-order valence-electron chi connectivity index (χ1n) is 8.15. The number of piperidine rings is 1. The lowest BCUT2D eigenvalue weighted by atomic mass is 9.98. The lowest BCUT2D eigenvalue weighted by Gasteiger charge is -2.30. The molecule has 1 aliphatic rings. The van der Waals surface area contributed by atoms with Crippen molar-refractivity contribution in [3.63, 3.8) is 0 Å². The molecule has 118 valence electrons. The van der Waals surface area contributed by atoms with Gasteiger partial charge in [-0.3, -0.25) is 4.90 Å². The van der Waals surface area contributed by atoms with E-state index in [2.05, 4.69) is 16.8 Å². The van der Waals surface area contributed by atoms with Crippen molar-refractivity contribution in [2.75, 3.05) is 13.1 Å². The standard InChI is InChI=1S/C19H19FN2O/c1-12-3-2-6-22(9-12)10-13-7-14-16(20)4-5-17-19(14)15(8-13)18(11-23)21-17/h4-5,7-8,12,21H,2-3,6,9-10H2,1H3. The van der Waals surface area contributed by atoms with Gasteiger partial charge in [0.05, 0.1) is 0 Å². The van der Waals surface area contributed by atoms with Crippen LogP contribution in [-0.2, 0) is 11.3 Å². The molecular formula is C19H19FN2O. The minimum Gasteiger partial charge on any atom is -0.345 e. The molecule has 3 aromatic rings. The van der Waals surface area contributed by atoms with E-state index in [-0.39, 0.29) is 5.82 Å². The predicted molar refractivity (Wildman–Crippen MR) is 89.5 cm³/mol. The number of hydrogen-bond donors (Lipinski definition) is 1. The van der Waals surface area contributed by atoms with E-state index in [1.54, 1.807) is 6.07 Å². The van der Waals surface area contributed by atoms with E-state index in [0.29, 0.717) is 16.7 Å². The highest BCUT2D eigenvalue weighted by Crippen LogP contribution is 2.28. The molecule has 1 fully saturated rings. The van der Waals surface area contributed by atoms with Crippen LogP contribution in [0.4, 0.5) is 4.39 Å². The molecule has 3 nitrogen and oxygen atoms in total. The fourth-order valence-electron chi connectivity index (χ4n) is 3.87. The highest BCUT2D eigenvalue weighted by molar-refractivity contribution is 6.10. The van der Waals surface area contributed by atoms with Gasteiger partial charge in [0.25, 0.3) is 0 Å². The van der Waals surface area contributed by atoms with Gasteiger partial charge >= 0.3 is 0 Å². The Bertz CT molecular complexity index is 955. The van der Waals surface area contributed by atoms with Crippen molar-refractivity contribution >= 4 is 27.6 Å². The number of nitrogens with one attached hydrogen (secondary N) is 1. The maximum Gasteiger partial charge on any atom is 0.151 e. The molecule has 23 heavy (non-hydrogen) atoms. The van der Waals surface area contributed by atoms with Crippen LogP contribution in [0.15, 0.2) is 24.3 Å². The quantitative estimate of drug-likeness (QED) is 0.790. The fraction of sp³-hybridized carbons (Fsp3) is 0.368. The van der Waals surface area contributed by atoms with Crippen LogP contribution in [0.2, 0.25) is 0 Å². The van der Waals surface area contributed by atoms with Gasteiger partial charge in [-0.05, 0) is 55.1 Å². The number of H-pyrrole nitrogens is 1. The SMILES string of the molecule is CC1CCCN(Cc2cc3c(F)ccc4[nH]c(=C=O)c(c2)c43)C1. The van der Waals surface area contributed by atoms with Crippen LogP contribution in [0.1, 0.15) is 25.3 Å². The molecule has 0 spiro atoms. The van der Waals surface area contributed by atoms with Gasteiger partial charge < -0.3 is 4.98 Å². The van der Waals surface area contributed by atoms with Crippen molar-refractivity contribution in [1.29, 1.82) is 0 Å². The van der Waals surface area contributed by atoms with Crippen LogP contribution in [-0.4, -0.2) is 28.9 Å². The maximum absolute atomic E-state index is 14.3. The number of hydrogen-bond acceptors (Lipinski definition) is 2. The van der Waals surface area contributed by atoms with Crippen LogP contribution in [0.25, 0.3) is 21.7 Å². The Morgan fingerprint density at radius 2 is 2.17 bits per heavy atom. The molecule has 1 unspecified atom stereocenters. The van der Waals surface area contributed by atoms with Crippen LogP contribution < -0.4 is 5.35 Å². The summed E-state index contributed by atoms with van der Waals surface area (Å²) >= 11 is 0. The average molecular weight is 310 g/mol. The Kier molecular flexibility index (Phi) is 3.44. The van der Waals surface area contributed by atoms with Gasteiger partial charge in [-0.1, -0.05) is 6.92 Å². The fourth-order valence-corrected chi connectivity index (χ4v) is 3.87. The van der Waals surface area contributed by atoms with Gasteiger partial charge in [0.2, 0.25) is 0 Å². The van der Waals surface area contributed by atoms with E-state index in [9.17, 15) is 9.18 Å². The second-order valence-electron chi connectivity index (χ2n) is 6.75. The molecule has 1 aromatic heterocycles. The Labute approximate surface area is 133 Å². The molecule has 2 heterocycles. The van der Waals surface area contributed by atoms with Gasteiger partial charge in [-0.25, -0.2) is 9.18 Å². The molecular weight excluding hydrogens is 291 g/mol. The minimum absolute atomic E-state index is 0.243. The second-order valence-corrected chi connectivity index (χ2v) is 6.75. The maximum atomic E-state index is 14.3. The molecule has 4 heteroatoms. The van der Waals surface area contributed by atoms with Crippen LogP contribution in [0.5, 0.6) is 0 Å². The van der Waals surface area contributed by atoms with E-state index in [1.807, 2.05) is 18.1 Å². The molecule has 0 radical (unpaired) electrons. The molecule has 1 atom stereocenters. The zero-order valence-electron chi connectivity index (χ0n) is 13.2. The third-order valence-corrected chi connectivity index (χ3v) is 4.90. The lowest BCUT2D eigenvalue weighted by molar-refractivity contribution is 0.176. The van der Waals surface area contributed by atoms with Crippen molar-refractivity contribution in [2.45, 2.75) is 26.3 Å². The number of nitrogens with zero attached hydrogens (tertiary/aromatic N) is 1. The molecule has 0 amide bonds. The molecule has 2 aromatic carbocycles. The van der Waals surface area contributed by atoms with E-state index >= 15 is 0 Å². The summed E-state index contributed by atoms with van der Waals surface area (Å²) in [6.45, 7) is 5.22. The van der Waals surface area contributed by atoms with E-state index in [0.717, 1.165) is 41.5 Å². The first-order chi connectivity index (χ1) is 11.2. The summed E-state index contributed by atoms with van der Waals surface area (Å²) in [7, 11) is 0. The Hall–Kier alpha value is -2.16. The number of benzene rings is 2. The summed E-state index contributed by atoms with van der Waals surface area (Å²) in [6, 6.07) is 7.06. The number of aromatic amines is 1. The summed E-state index contributed by atoms with van der Waals surface area (Å²) in [4.78, 5) is 16.7. The van der Waals surface area contributed by atoms with Gasteiger partial charge in [-0.15, -0.1) is 0 Å². The van der Waals surface area contributed by atoms with E-state index in [1.165, 1.54) is 18.9 Å². The molecule has 0 saturated carbocycles. The highest BCUT2D eigenvalue weighted by atomic mass is 19.1. The third-order valence-electron chi connectivity index (χ3n) is 4.90. The largest absolute Gasteiger partial charge is 0.345 e. The van der Waals surface area contributed by atoms with Gasteiger partial charge in [-0.2, -0.15) is 0 Å². The summed E-state index contributed by atoms with van der Waals surface area (Å²) in [5.41, 5.74) is 1.84. The molecule has 4 rings (SSSR count). The van der Waals surface area contributed by atoms with Gasteiger partial charge in [0, 0.05) is 34.8 Å². The number of halogens is 1. The van der Waals surface area contributed by atoms with Crippen molar-refractivity contribution < 1.29 is 9.18 Å². The predicted octanol–water partition coefficient (Wildman–Crippen LogP) is 2.91. The van der Waals surface area contributed by atoms with Crippen LogP contribution in [0, 0.1) is 11.7 Å². The molecule has 1 saturated heterocycles. The average Bonchev–Trinajstić information content (AvgIpc) is 2.90. The summed E-state index contributed by atoms with van der Waals surface area (Å²) in [6.07, 6.45) is 2.49. The van der Waals surface area contributed by atoms with Gasteiger partial charge in [0.15, 0.2) is 5.94 Å². The normalized spacial score (nSPS) is 19.5. The van der Waals surface area contributed by atoms with Gasteiger partial charge in [0.1, 0.15) is 11.2 Å². The Balaban J connectivity index is 1.85. The smallest absolute Gasteiger partial charge is 0.151 e. The van der Waals surface area contributed by atoms with Crippen LogP contribution in [0.3, 0.4) is 0 Å². The summed E-state index contributed by atoms with van der Waals surface area (Å²) < 4.78 is 14.3. The van der Waals surface area contributed by atoms with Crippen molar-refractivity contribution in [2.24, 2.45) is 5.92 Å².